The molecule has 0 spiro atoms. The van der Waals surface area contributed by atoms with Crippen LogP contribution >= 0.6 is 0 Å². The van der Waals surface area contributed by atoms with Crippen LogP contribution in [0.2, 0.25) is 0 Å². The second-order valence-corrected chi connectivity index (χ2v) is 6.14. The fraction of sp³-hybridized carbons (Fsp3) is 0.150. The summed E-state index contributed by atoms with van der Waals surface area (Å²) in [5, 5.41) is 11.9. The summed E-state index contributed by atoms with van der Waals surface area (Å²) in [6, 6.07) is 12.8. The number of rotatable bonds is 7. The third-order valence-corrected chi connectivity index (χ3v) is 4.17. The van der Waals surface area contributed by atoms with E-state index in [0.717, 1.165) is 11.3 Å². The van der Waals surface area contributed by atoms with Crippen LogP contribution in [0.3, 0.4) is 0 Å². The predicted molar refractivity (Wildman–Crippen MR) is 98.7 cm³/mol. The molecule has 0 radical (unpaired) electrons. The summed E-state index contributed by atoms with van der Waals surface area (Å²) < 4.78 is 13.1. The van der Waals surface area contributed by atoms with Gasteiger partial charge in [-0.25, -0.2) is 9.37 Å². The van der Waals surface area contributed by atoms with Crippen LogP contribution in [-0.4, -0.2) is 27.0 Å². The molecule has 138 valence electrons. The molecule has 6 nitrogen and oxygen atoms in total. The van der Waals surface area contributed by atoms with E-state index in [0.29, 0.717) is 11.3 Å². The lowest BCUT2D eigenvalue weighted by molar-refractivity contribution is -0.137. The first-order chi connectivity index (χ1) is 13.0. The lowest BCUT2D eigenvalue weighted by Gasteiger charge is -2.15. The van der Waals surface area contributed by atoms with E-state index in [-0.39, 0.29) is 18.7 Å². The molecule has 1 amide bonds. The van der Waals surface area contributed by atoms with Crippen molar-refractivity contribution in [1.29, 1.82) is 0 Å². The van der Waals surface area contributed by atoms with E-state index in [9.17, 15) is 14.0 Å². The van der Waals surface area contributed by atoms with Gasteiger partial charge >= 0.3 is 5.97 Å². The molecule has 3 aromatic rings. The van der Waals surface area contributed by atoms with Crippen molar-refractivity contribution in [1.82, 2.24) is 9.97 Å². The Morgan fingerprint density at radius 1 is 1.07 bits per heavy atom. The topological polar surface area (TPSA) is 95.1 Å². The van der Waals surface area contributed by atoms with Crippen LogP contribution in [0.4, 0.5) is 10.1 Å². The Kier molecular flexibility index (Phi) is 5.61. The van der Waals surface area contributed by atoms with Gasteiger partial charge in [-0.1, -0.05) is 24.3 Å². The molecule has 1 unspecified atom stereocenters. The maximum Gasteiger partial charge on any atom is 0.303 e. The second kappa shape index (κ2) is 8.27. The molecular formula is C20H18FN3O3. The van der Waals surface area contributed by atoms with E-state index < -0.39 is 17.7 Å². The van der Waals surface area contributed by atoms with Crippen LogP contribution in [0.25, 0.3) is 11.3 Å². The number of amides is 1. The van der Waals surface area contributed by atoms with Crippen molar-refractivity contribution in [3.8, 4) is 11.3 Å². The highest BCUT2D eigenvalue weighted by Gasteiger charge is 2.19. The monoisotopic (exact) mass is 367 g/mol. The molecule has 0 bridgehead atoms. The summed E-state index contributed by atoms with van der Waals surface area (Å²) in [5.74, 6) is -2.26. The zero-order valence-corrected chi connectivity index (χ0v) is 14.4. The summed E-state index contributed by atoms with van der Waals surface area (Å²) in [4.78, 5) is 30.5. The first-order valence-electron chi connectivity index (χ1n) is 8.37. The highest BCUT2D eigenvalue weighted by Crippen LogP contribution is 2.25. The van der Waals surface area contributed by atoms with Crippen molar-refractivity contribution in [3.63, 3.8) is 0 Å². The third kappa shape index (κ3) is 5.01. The number of H-pyrrole nitrogens is 1. The lowest BCUT2D eigenvalue weighted by atomic mass is 9.92. The number of aromatic amines is 1. The summed E-state index contributed by atoms with van der Waals surface area (Å²) in [7, 11) is 0. The Labute approximate surface area is 155 Å². The number of aromatic nitrogens is 2. The average Bonchev–Trinajstić information content (AvgIpc) is 3.17. The van der Waals surface area contributed by atoms with E-state index in [1.54, 1.807) is 24.7 Å². The summed E-state index contributed by atoms with van der Waals surface area (Å²) >= 11 is 0. The highest BCUT2D eigenvalue weighted by molar-refractivity contribution is 5.91. The maximum absolute atomic E-state index is 13.1. The fourth-order valence-electron chi connectivity index (χ4n) is 2.84. The van der Waals surface area contributed by atoms with Crippen LogP contribution in [0, 0.1) is 5.82 Å². The maximum atomic E-state index is 13.1. The molecule has 0 aliphatic carbocycles. The van der Waals surface area contributed by atoms with E-state index >= 15 is 0 Å². The minimum absolute atomic E-state index is 0.0137. The number of nitrogens with one attached hydrogen (secondary N) is 2. The van der Waals surface area contributed by atoms with Crippen LogP contribution in [0.15, 0.2) is 61.1 Å². The number of hydrogen-bond acceptors (Lipinski definition) is 3. The summed E-state index contributed by atoms with van der Waals surface area (Å²) in [6.45, 7) is 0. The van der Waals surface area contributed by atoms with Crippen molar-refractivity contribution in [2.45, 2.75) is 18.8 Å². The van der Waals surface area contributed by atoms with Gasteiger partial charge < -0.3 is 15.4 Å². The van der Waals surface area contributed by atoms with Crippen molar-refractivity contribution >= 4 is 17.6 Å². The molecular weight excluding hydrogens is 349 g/mol. The Morgan fingerprint density at radius 3 is 2.37 bits per heavy atom. The minimum Gasteiger partial charge on any atom is -0.481 e. The number of nitrogens with zero attached hydrogens (tertiary/aromatic N) is 1. The number of aliphatic carboxylic acids is 1. The Bertz CT molecular complexity index is 907. The number of halogens is 1. The number of carbonyl (C=O) groups excluding carboxylic acids is 1. The van der Waals surface area contributed by atoms with Crippen LogP contribution < -0.4 is 5.32 Å². The normalized spacial score (nSPS) is 11.7. The summed E-state index contributed by atoms with van der Waals surface area (Å²) in [6.07, 6.45) is 3.06. The van der Waals surface area contributed by atoms with Crippen LogP contribution in [0.1, 0.15) is 24.3 Å². The zero-order chi connectivity index (χ0) is 19.2. The van der Waals surface area contributed by atoms with E-state index in [2.05, 4.69) is 15.3 Å². The van der Waals surface area contributed by atoms with E-state index in [1.807, 2.05) is 12.1 Å². The molecule has 27 heavy (non-hydrogen) atoms. The van der Waals surface area contributed by atoms with Gasteiger partial charge in [0.25, 0.3) is 0 Å². The molecule has 1 atom stereocenters. The smallest absolute Gasteiger partial charge is 0.303 e. The minimum atomic E-state index is -1.01. The van der Waals surface area contributed by atoms with Gasteiger partial charge in [-0.3, -0.25) is 9.59 Å². The van der Waals surface area contributed by atoms with Gasteiger partial charge in [-0.05, 0) is 35.4 Å². The Balaban J connectivity index is 1.66. The van der Waals surface area contributed by atoms with Gasteiger partial charge in [-0.2, -0.15) is 0 Å². The van der Waals surface area contributed by atoms with Gasteiger partial charge in [0, 0.05) is 18.0 Å². The second-order valence-electron chi connectivity index (χ2n) is 6.14. The van der Waals surface area contributed by atoms with E-state index in [1.165, 1.54) is 24.3 Å². The van der Waals surface area contributed by atoms with Crippen LogP contribution in [-0.2, 0) is 9.59 Å². The molecule has 1 heterocycles. The number of imidazole rings is 1. The highest BCUT2D eigenvalue weighted by atomic mass is 19.1. The molecule has 3 N–H and O–H groups in total. The third-order valence-electron chi connectivity index (χ3n) is 4.17. The van der Waals surface area contributed by atoms with Crippen molar-refractivity contribution in [3.05, 3.63) is 72.4 Å². The molecule has 7 heteroatoms. The number of hydrogen-bond donors (Lipinski definition) is 3. The van der Waals surface area contributed by atoms with E-state index in [4.69, 9.17) is 5.11 Å². The molecule has 0 saturated heterocycles. The van der Waals surface area contributed by atoms with Gasteiger partial charge in [0.2, 0.25) is 5.91 Å². The number of carboxylic acids is 1. The predicted octanol–water partition coefficient (Wildman–Crippen LogP) is 3.80. The fourth-order valence-corrected chi connectivity index (χ4v) is 2.84. The van der Waals surface area contributed by atoms with Crippen LogP contribution in [0.5, 0.6) is 0 Å². The van der Waals surface area contributed by atoms with Crippen molar-refractivity contribution in [2.24, 2.45) is 0 Å². The van der Waals surface area contributed by atoms with Crippen molar-refractivity contribution in [2.75, 3.05) is 5.32 Å². The van der Waals surface area contributed by atoms with Gasteiger partial charge in [0.1, 0.15) is 5.82 Å². The number of anilines is 1. The zero-order valence-electron chi connectivity index (χ0n) is 14.4. The van der Waals surface area contributed by atoms with Gasteiger partial charge in [-0.15, -0.1) is 0 Å². The molecule has 0 aliphatic heterocycles. The quantitative estimate of drug-likeness (QED) is 0.592. The Hall–Kier alpha value is -3.48. The number of benzene rings is 2. The molecule has 1 aromatic heterocycles. The average molecular weight is 367 g/mol. The number of carboxylic acid groups (broad SMARTS) is 1. The first kappa shape index (κ1) is 18.3. The SMILES string of the molecule is O=C(O)CC(CC(=O)Nc1ccc(-c2cnc[nH]2)cc1)c1ccc(F)cc1. The molecule has 3 rings (SSSR count). The molecule has 0 aliphatic rings. The van der Waals surface area contributed by atoms with Crippen molar-refractivity contribution < 1.29 is 19.1 Å². The summed E-state index contributed by atoms with van der Waals surface area (Å²) in [5.41, 5.74) is 3.02. The molecule has 0 saturated carbocycles. The van der Waals surface area contributed by atoms with Gasteiger partial charge in [0.15, 0.2) is 0 Å². The Morgan fingerprint density at radius 2 is 1.78 bits per heavy atom. The standard InChI is InChI=1S/C20H18FN3O3/c21-16-5-1-13(2-6-16)15(10-20(26)27)9-19(25)24-17-7-3-14(4-8-17)18-11-22-12-23-18/h1-8,11-12,15H,9-10H2,(H,22,23)(H,24,25)(H,26,27). The largest absolute Gasteiger partial charge is 0.481 e. The molecule has 0 fully saturated rings. The first-order valence-corrected chi connectivity index (χ1v) is 8.37. The lowest BCUT2D eigenvalue weighted by Crippen LogP contribution is -2.17. The molecule has 2 aromatic carbocycles. The van der Waals surface area contributed by atoms with Gasteiger partial charge in [0.05, 0.1) is 24.6 Å². The number of carbonyl (C=O) groups is 2.